The van der Waals surface area contributed by atoms with Crippen LogP contribution in [-0.4, -0.2) is 48.9 Å². The summed E-state index contributed by atoms with van der Waals surface area (Å²) in [5.74, 6) is 0.217. The number of carbonyl (C=O) groups is 1. The molecule has 0 aromatic carbocycles. The topological polar surface area (TPSA) is 23.6 Å². The van der Waals surface area contributed by atoms with Crippen molar-refractivity contribution in [1.82, 2.24) is 9.80 Å². The molecule has 0 unspecified atom stereocenters. The maximum atomic E-state index is 11.3. The van der Waals surface area contributed by atoms with E-state index in [1.54, 1.807) is 4.90 Å². The van der Waals surface area contributed by atoms with E-state index in [4.69, 9.17) is 0 Å². The highest BCUT2D eigenvalue weighted by atomic mass is 16.2. The summed E-state index contributed by atoms with van der Waals surface area (Å²) in [4.78, 5) is 15.3. The molecule has 12 heavy (non-hydrogen) atoms. The first-order valence-electron chi connectivity index (χ1n) is 4.31. The standard InChI is InChI=1S/C9H16N2O/c1-3-5-11-7-4-6-10(2)9(12)8-11/h3H,1,4-8H2,2H3. The van der Waals surface area contributed by atoms with Crippen molar-refractivity contribution in [1.29, 1.82) is 0 Å². The summed E-state index contributed by atoms with van der Waals surface area (Å²) in [5, 5.41) is 0. The largest absolute Gasteiger partial charge is 0.345 e. The molecule has 0 aromatic rings. The van der Waals surface area contributed by atoms with Gasteiger partial charge in [-0.2, -0.15) is 0 Å². The lowest BCUT2D eigenvalue weighted by atomic mass is 10.4. The van der Waals surface area contributed by atoms with E-state index < -0.39 is 0 Å². The fourth-order valence-corrected chi connectivity index (χ4v) is 1.39. The summed E-state index contributed by atoms with van der Waals surface area (Å²) in [6.45, 7) is 6.91. The van der Waals surface area contributed by atoms with Crippen LogP contribution in [0, 0.1) is 0 Å². The molecule has 0 spiro atoms. The van der Waals surface area contributed by atoms with Crippen LogP contribution in [0.25, 0.3) is 0 Å². The lowest BCUT2D eigenvalue weighted by Crippen LogP contribution is -2.34. The Morgan fingerprint density at radius 2 is 2.33 bits per heavy atom. The third-order valence-electron chi connectivity index (χ3n) is 2.14. The van der Waals surface area contributed by atoms with Gasteiger partial charge in [-0.3, -0.25) is 9.69 Å². The van der Waals surface area contributed by atoms with Crippen molar-refractivity contribution in [3.63, 3.8) is 0 Å². The molecule has 0 atom stereocenters. The van der Waals surface area contributed by atoms with Crippen LogP contribution in [-0.2, 0) is 4.79 Å². The molecule has 0 aliphatic carbocycles. The molecule has 1 aliphatic heterocycles. The number of hydrogen-bond donors (Lipinski definition) is 0. The molecule has 68 valence electrons. The number of nitrogens with zero attached hydrogens (tertiary/aromatic N) is 2. The molecule has 0 N–H and O–H groups in total. The molecule has 3 heteroatoms. The van der Waals surface area contributed by atoms with Crippen LogP contribution in [0.2, 0.25) is 0 Å². The second-order valence-electron chi connectivity index (χ2n) is 3.19. The van der Waals surface area contributed by atoms with Gasteiger partial charge in [-0.05, 0) is 6.42 Å². The summed E-state index contributed by atoms with van der Waals surface area (Å²) in [5.41, 5.74) is 0. The average molecular weight is 168 g/mol. The van der Waals surface area contributed by atoms with E-state index in [-0.39, 0.29) is 5.91 Å². The molecule has 1 amide bonds. The second-order valence-corrected chi connectivity index (χ2v) is 3.19. The predicted octanol–water partition coefficient (Wildman–Crippen LogP) is 0.337. The van der Waals surface area contributed by atoms with Gasteiger partial charge in [0.25, 0.3) is 0 Å². The Labute approximate surface area is 73.6 Å². The van der Waals surface area contributed by atoms with Gasteiger partial charge in [0.2, 0.25) is 5.91 Å². The van der Waals surface area contributed by atoms with Gasteiger partial charge >= 0.3 is 0 Å². The molecular weight excluding hydrogens is 152 g/mol. The van der Waals surface area contributed by atoms with Crippen LogP contribution in [0.1, 0.15) is 6.42 Å². The summed E-state index contributed by atoms with van der Waals surface area (Å²) in [6.07, 6.45) is 2.91. The van der Waals surface area contributed by atoms with E-state index in [1.807, 2.05) is 13.1 Å². The first-order chi connectivity index (χ1) is 5.74. The predicted molar refractivity (Wildman–Crippen MR) is 48.9 cm³/mol. The minimum absolute atomic E-state index is 0.217. The van der Waals surface area contributed by atoms with Gasteiger partial charge in [0.15, 0.2) is 0 Å². The summed E-state index contributed by atoms with van der Waals surface area (Å²) < 4.78 is 0. The number of rotatable bonds is 2. The Hall–Kier alpha value is -0.830. The average Bonchev–Trinajstić information content (AvgIpc) is 2.16. The Balaban J connectivity index is 2.47. The Morgan fingerprint density at radius 1 is 1.58 bits per heavy atom. The Morgan fingerprint density at radius 3 is 3.00 bits per heavy atom. The number of hydrogen-bond acceptors (Lipinski definition) is 2. The Kier molecular flexibility index (Phi) is 3.29. The molecular formula is C9H16N2O. The molecule has 1 fully saturated rings. The van der Waals surface area contributed by atoms with E-state index in [1.165, 1.54) is 0 Å². The van der Waals surface area contributed by atoms with E-state index in [0.717, 1.165) is 26.1 Å². The molecule has 0 radical (unpaired) electrons. The van der Waals surface area contributed by atoms with Gasteiger partial charge in [0.1, 0.15) is 0 Å². The first-order valence-corrected chi connectivity index (χ1v) is 4.31. The number of amides is 1. The monoisotopic (exact) mass is 168 g/mol. The van der Waals surface area contributed by atoms with E-state index >= 15 is 0 Å². The van der Waals surface area contributed by atoms with Gasteiger partial charge in [0.05, 0.1) is 6.54 Å². The Bertz CT molecular complexity index is 179. The second kappa shape index (κ2) is 4.26. The van der Waals surface area contributed by atoms with Crippen molar-refractivity contribution in [3.8, 4) is 0 Å². The maximum absolute atomic E-state index is 11.3. The van der Waals surface area contributed by atoms with Crippen molar-refractivity contribution in [3.05, 3.63) is 12.7 Å². The molecule has 1 heterocycles. The summed E-state index contributed by atoms with van der Waals surface area (Å²) in [6, 6.07) is 0. The van der Waals surface area contributed by atoms with Gasteiger partial charge in [-0.25, -0.2) is 0 Å². The minimum Gasteiger partial charge on any atom is -0.345 e. The third-order valence-corrected chi connectivity index (χ3v) is 2.14. The quantitative estimate of drug-likeness (QED) is 0.555. The summed E-state index contributed by atoms with van der Waals surface area (Å²) >= 11 is 0. The van der Waals surface area contributed by atoms with Crippen LogP contribution in [0.5, 0.6) is 0 Å². The zero-order valence-electron chi connectivity index (χ0n) is 7.62. The zero-order valence-corrected chi connectivity index (χ0v) is 7.62. The maximum Gasteiger partial charge on any atom is 0.236 e. The van der Waals surface area contributed by atoms with Crippen LogP contribution in [0.4, 0.5) is 0 Å². The van der Waals surface area contributed by atoms with Crippen LogP contribution >= 0.6 is 0 Å². The fourth-order valence-electron chi connectivity index (χ4n) is 1.39. The lowest BCUT2D eigenvalue weighted by molar-refractivity contribution is -0.129. The lowest BCUT2D eigenvalue weighted by Gasteiger charge is -2.16. The van der Waals surface area contributed by atoms with E-state index in [0.29, 0.717) is 6.54 Å². The molecule has 3 nitrogen and oxygen atoms in total. The van der Waals surface area contributed by atoms with Crippen molar-refractivity contribution < 1.29 is 4.79 Å². The smallest absolute Gasteiger partial charge is 0.236 e. The highest BCUT2D eigenvalue weighted by Crippen LogP contribution is 2.01. The SMILES string of the molecule is C=CCN1CCCN(C)C(=O)C1. The van der Waals surface area contributed by atoms with Crippen molar-refractivity contribution in [2.45, 2.75) is 6.42 Å². The van der Waals surface area contributed by atoms with Crippen LogP contribution < -0.4 is 0 Å². The van der Waals surface area contributed by atoms with E-state index in [9.17, 15) is 4.79 Å². The van der Waals surface area contributed by atoms with Crippen molar-refractivity contribution >= 4 is 5.91 Å². The van der Waals surface area contributed by atoms with Gasteiger partial charge in [-0.1, -0.05) is 6.08 Å². The third kappa shape index (κ3) is 2.34. The highest BCUT2D eigenvalue weighted by molar-refractivity contribution is 5.78. The normalized spacial score (nSPS) is 20.8. The van der Waals surface area contributed by atoms with Crippen LogP contribution in [0.3, 0.4) is 0 Å². The molecule has 0 saturated carbocycles. The molecule has 1 aliphatic rings. The van der Waals surface area contributed by atoms with E-state index in [2.05, 4.69) is 11.5 Å². The van der Waals surface area contributed by atoms with Crippen molar-refractivity contribution in [2.75, 3.05) is 33.2 Å². The van der Waals surface area contributed by atoms with Gasteiger partial charge in [-0.15, -0.1) is 6.58 Å². The first kappa shape index (κ1) is 9.26. The number of likely N-dealkylation sites (N-methyl/N-ethyl adjacent to an activating group) is 1. The number of carbonyl (C=O) groups excluding carboxylic acids is 1. The van der Waals surface area contributed by atoms with Gasteiger partial charge < -0.3 is 4.90 Å². The zero-order chi connectivity index (χ0) is 8.97. The molecule has 1 saturated heterocycles. The fraction of sp³-hybridized carbons (Fsp3) is 0.667. The molecule has 0 aromatic heterocycles. The molecule has 0 bridgehead atoms. The van der Waals surface area contributed by atoms with Crippen molar-refractivity contribution in [2.24, 2.45) is 0 Å². The van der Waals surface area contributed by atoms with Gasteiger partial charge in [0, 0.05) is 26.7 Å². The molecule has 1 rings (SSSR count). The van der Waals surface area contributed by atoms with Crippen LogP contribution in [0.15, 0.2) is 12.7 Å². The highest BCUT2D eigenvalue weighted by Gasteiger charge is 2.17. The minimum atomic E-state index is 0.217. The summed E-state index contributed by atoms with van der Waals surface area (Å²) in [7, 11) is 1.86.